The van der Waals surface area contributed by atoms with E-state index in [4.69, 9.17) is 39.9 Å². The zero-order valence-corrected chi connectivity index (χ0v) is 24.5. The molecule has 18 nitrogen and oxygen atoms in total. The molecule has 2 rings (SSSR count). The van der Waals surface area contributed by atoms with Crippen LogP contribution in [-0.4, -0.2) is 99.4 Å². The Kier molecular flexibility index (Phi) is 13.5. The number of hydrogen-bond donors (Lipinski definition) is 3. The number of hydrogen-bond acceptors (Lipinski definition) is 17. The van der Waals surface area contributed by atoms with Crippen LogP contribution in [0, 0.1) is 12.3 Å². The summed E-state index contributed by atoms with van der Waals surface area (Å²) in [5.74, 6) is 1.94. The topological polar surface area (TPSA) is 235 Å². The van der Waals surface area contributed by atoms with Gasteiger partial charge in [-0.05, 0) is 27.7 Å². The number of nitrogen functional groups attached to an aromatic ring is 1. The number of carbonyl (C=O) groups excluding carboxylic acids is 2. The summed E-state index contributed by atoms with van der Waals surface area (Å²) in [7, 11) is -4.79. The van der Waals surface area contributed by atoms with E-state index in [0.29, 0.717) is 0 Å². The molecule has 0 radical (unpaired) electrons. The number of nitrogens with two attached hydrogens (primary N) is 1. The summed E-state index contributed by atoms with van der Waals surface area (Å²) >= 11 is 0. The molecule has 0 saturated heterocycles. The molecule has 0 bridgehead atoms. The van der Waals surface area contributed by atoms with Gasteiger partial charge in [-0.1, -0.05) is 5.92 Å². The van der Waals surface area contributed by atoms with Crippen molar-refractivity contribution in [3.05, 3.63) is 12.7 Å². The van der Waals surface area contributed by atoms with Crippen molar-refractivity contribution in [3.8, 4) is 12.3 Å². The molecule has 4 N–H and O–H groups in total. The molecule has 2 heterocycles. The van der Waals surface area contributed by atoms with Crippen LogP contribution < -0.4 is 5.73 Å². The number of aliphatic hydroxyl groups is 2. The second-order valence-electron chi connectivity index (χ2n) is 8.93. The van der Waals surface area contributed by atoms with E-state index >= 15 is 0 Å². The van der Waals surface area contributed by atoms with Crippen molar-refractivity contribution in [3.63, 3.8) is 0 Å². The summed E-state index contributed by atoms with van der Waals surface area (Å²) in [4.78, 5) is 35.1. The quantitative estimate of drug-likeness (QED) is 0.0970. The van der Waals surface area contributed by atoms with Crippen molar-refractivity contribution in [2.45, 2.75) is 57.8 Å². The number of nitrogens with zero attached hydrogens (tertiary/aromatic N) is 4. The van der Waals surface area contributed by atoms with E-state index in [0.717, 1.165) is 17.2 Å². The van der Waals surface area contributed by atoms with E-state index < -0.39 is 83.7 Å². The zero-order chi connectivity index (χ0) is 32.2. The smallest absolute Gasteiger partial charge is 0.432 e. The Morgan fingerprint density at radius 2 is 1.67 bits per heavy atom. The molecule has 0 aliphatic rings. The summed E-state index contributed by atoms with van der Waals surface area (Å²) in [5.41, 5.74) is 3.42. The predicted octanol–water partition coefficient (Wildman–Crippen LogP) is 1.81. The standard InChI is InChI=1S/C23H33FN5O13P/c1-6-23(33,9-30)20(29-11-28-17-18(25)26-10-27-19(17)29)42-16(7-24)8-37-43(34,38-12-35-21(31)40-14(2)3)39-13-36-22(32)41-15(4)5/h1,10-11,14-16,20,30,33H,7-9,12-13H2,2-5H3,(H2,25,26,27). The van der Waals surface area contributed by atoms with Gasteiger partial charge in [-0.2, -0.15) is 0 Å². The third-order valence-corrected chi connectivity index (χ3v) is 6.20. The van der Waals surface area contributed by atoms with Gasteiger partial charge in [0, 0.05) is 0 Å². The lowest BCUT2D eigenvalue weighted by molar-refractivity contribution is -0.170. The lowest BCUT2D eigenvalue weighted by Gasteiger charge is -2.33. The van der Waals surface area contributed by atoms with Crippen LogP contribution in [0.25, 0.3) is 11.2 Å². The van der Waals surface area contributed by atoms with Crippen molar-refractivity contribution < 1.29 is 66.0 Å². The van der Waals surface area contributed by atoms with E-state index in [2.05, 4.69) is 24.4 Å². The molecular weight excluding hydrogens is 604 g/mol. The van der Waals surface area contributed by atoms with Crippen LogP contribution in [0.5, 0.6) is 0 Å². The lowest BCUT2D eigenvalue weighted by Crippen LogP contribution is -2.45. The maximum atomic E-state index is 14.2. The number of aliphatic hydroxyl groups excluding tert-OH is 1. The first-order chi connectivity index (χ1) is 20.3. The molecular formula is C23H33FN5O13P. The first-order valence-electron chi connectivity index (χ1n) is 12.4. The molecule has 0 aliphatic heterocycles. The van der Waals surface area contributed by atoms with Crippen LogP contribution in [0.2, 0.25) is 0 Å². The molecule has 3 atom stereocenters. The molecule has 0 spiro atoms. The van der Waals surface area contributed by atoms with Crippen LogP contribution in [0.3, 0.4) is 0 Å². The SMILES string of the molecule is C#CC(O)(CO)C(OC(CF)COP(=O)(OCOC(=O)OC(C)C)OCOC(=O)OC(C)C)n1cnc2c(N)ncnc21. The van der Waals surface area contributed by atoms with Crippen molar-refractivity contribution in [1.29, 1.82) is 0 Å². The largest absolute Gasteiger partial charge is 0.510 e. The van der Waals surface area contributed by atoms with Crippen molar-refractivity contribution in [1.82, 2.24) is 19.5 Å². The van der Waals surface area contributed by atoms with Crippen molar-refractivity contribution in [2.75, 3.05) is 39.2 Å². The highest BCUT2D eigenvalue weighted by Gasteiger charge is 2.41. The predicted molar refractivity (Wildman–Crippen MR) is 141 cm³/mol. The number of fused-ring (bicyclic) bond motifs is 1. The van der Waals surface area contributed by atoms with Crippen molar-refractivity contribution >= 4 is 37.1 Å². The highest BCUT2D eigenvalue weighted by atomic mass is 31.2. The summed E-state index contributed by atoms with van der Waals surface area (Å²) in [5, 5.41) is 20.7. The fourth-order valence-corrected chi connectivity index (χ4v) is 3.90. The molecule has 20 heteroatoms. The minimum Gasteiger partial charge on any atom is -0.432 e. The maximum absolute atomic E-state index is 14.2. The first kappa shape index (κ1) is 35.6. The Bertz CT molecular complexity index is 1270. The van der Waals surface area contributed by atoms with Crippen LogP contribution in [0.1, 0.15) is 33.9 Å². The third-order valence-electron chi connectivity index (χ3n) is 4.89. The van der Waals surface area contributed by atoms with Gasteiger partial charge in [0.15, 0.2) is 23.3 Å². The van der Waals surface area contributed by atoms with Crippen LogP contribution in [0.4, 0.5) is 19.8 Å². The van der Waals surface area contributed by atoms with Crippen molar-refractivity contribution in [2.24, 2.45) is 0 Å². The van der Waals surface area contributed by atoms with Crippen LogP contribution in [-0.2, 0) is 41.8 Å². The fourth-order valence-electron chi connectivity index (χ4n) is 2.96. The average molecular weight is 638 g/mol. The van der Waals surface area contributed by atoms with E-state index in [9.17, 15) is 28.8 Å². The Balaban J connectivity index is 2.23. The number of phosphoric ester groups is 1. The number of alkyl halides is 1. The number of rotatable bonds is 17. The van der Waals surface area contributed by atoms with Gasteiger partial charge in [0.25, 0.3) is 0 Å². The number of aromatic nitrogens is 4. The van der Waals surface area contributed by atoms with Gasteiger partial charge >= 0.3 is 20.1 Å². The average Bonchev–Trinajstić information content (AvgIpc) is 3.37. The van der Waals surface area contributed by atoms with Gasteiger partial charge in [-0.3, -0.25) is 9.09 Å². The van der Waals surface area contributed by atoms with Crippen LogP contribution >= 0.6 is 7.82 Å². The lowest BCUT2D eigenvalue weighted by atomic mass is 10.0. The molecule has 43 heavy (non-hydrogen) atoms. The van der Waals surface area contributed by atoms with E-state index in [1.54, 1.807) is 27.7 Å². The molecule has 0 fully saturated rings. The Morgan fingerprint density at radius 1 is 1.09 bits per heavy atom. The number of imidazole rings is 1. The number of phosphoric acid groups is 1. The minimum absolute atomic E-state index is 0.00588. The molecule has 2 aromatic heterocycles. The first-order valence-corrected chi connectivity index (χ1v) is 13.9. The van der Waals surface area contributed by atoms with Gasteiger partial charge in [0.1, 0.15) is 24.6 Å². The van der Waals surface area contributed by atoms with Gasteiger partial charge in [-0.25, -0.2) is 42.5 Å². The Hall–Kier alpha value is -3.63. The molecule has 0 aromatic carbocycles. The molecule has 0 amide bonds. The molecule has 2 aromatic rings. The van der Waals surface area contributed by atoms with Gasteiger partial charge in [-0.15, -0.1) is 6.42 Å². The Morgan fingerprint density at radius 3 is 2.16 bits per heavy atom. The molecule has 3 unspecified atom stereocenters. The molecule has 0 saturated carbocycles. The zero-order valence-electron chi connectivity index (χ0n) is 23.7. The van der Waals surface area contributed by atoms with Gasteiger partial charge in [0.2, 0.25) is 13.6 Å². The summed E-state index contributed by atoms with van der Waals surface area (Å²) in [6.07, 6.45) is 0.747. The highest BCUT2D eigenvalue weighted by Crippen LogP contribution is 2.49. The second kappa shape index (κ2) is 16.3. The van der Waals surface area contributed by atoms with Crippen LogP contribution in [0.15, 0.2) is 12.7 Å². The normalized spacial score (nSPS) is 14.6. The number of carbonyl (C=O) groups is 2. The highest BCUT2D eigenvalue weighted by molar-refractivity contribution is 7.48. The van der Waals surface area contributed by atoms with E-state index in [1.165, 1.54) is 0 Å². The molecule has 240 valence electrons. The molecule has 0 aliphatic carbocycles. The summed E-state index contributed by atoms with van der Waals surface area (Å²) in [6.45, 7) is 0.834. The summed E-state index contributed by atoms with van der Waals surface area (Å²) < 4.78 is 67.8. The number of anilines is 1. The third kappa shape index (κ3) is 10.5. The monoisotopic (exact) mass is 637 g/mol. The maximum Gasteiger partial charge on any atom is 0.510 e. The Labute approximate surface area is 245 Å². The van der Waals surface area contributed by atoms with E-state index in [1.807, 2.05) is 5.92 Å². The van der Waals surface area contributed by atoms with E-state index in [-0.39, 0.29) is 17.0 Å². The summed E-state index contributed by atoms with van der Waals surface area (Å²) in [6, 6.07) is 0. The number of ether oxygens (including phenoxy) is 5. The second-order valence-corrected chi connectivity index (χ2v) is 10.6. The number of terminal acetylenes is 1. The van der Waals surface area contributed by atoms with Gasteiger partial charge in [0.05, 0.1) is 31.7 Å². The fraction of sp³-hybridized carbons (Fsp3) is 0.609. The minimum atomic E-state index is -4.79. The number of halogens is 1. The van der Waals surface area contributed by atoms with Gasteiger partial charge < -0.3 is 39.6 Å².